The quantitative estimate of drug-likeness (QED) is 0.869. The van der Waals surface area contributed by atoms with Gasteiger partial charge in [0.2, 0.25) is 0 Å². The van der Waals surface area contributed by atoms with Crippen LogP contribution in [-0.4, -0.2) is 8.42 Å². The lowest BCUT2D eigenvalue weighted by Gasteiger charge is -2.13. The van der Waals surface area contributed by atoms with E-state index in [1.807, 2.05) is 26.0 Å². The maximum Gasteiger partial charge on any atom is 0.261 e. The van der Waals surface area contributed by atoms with Crippen molar-refractivity contribution in [3.05, 3.63) is 57.6 Å². The van der Waals surface area contributed by atoms with Crippen molar-refractivity contribution in [3.8, 4) is 0 Å². The Morgan fingerprint density at radius 2 is 1.76 bits per heavy atom. The molecular weight excluding hydrogens is 352 g/mol. The van der Waals surface area contributed by atoms with E-state index in [9.17, 15) is 8.42 Å². The van der Waals surface area contributed by atoms with Crippen LogP contribution in [-0.2, 0) is 16.6 Å². The second-order valence-electron chi connectivity index (χ2n) is 4.89. The molecule has 4 nitrogen and oxygen atoms in total. The van der Waals surface area contributed by atoms with Gasteiger partial charge in [-0.2, -0.15) is 0 Å². The van der Waals surface area contributed by atoms with Crippen LogP contribution in [0.2, 0.25) is 0 Å². The van der Waals surface area contributed by atoms with E-state index < -0.39 is 10.0 Å². The summed E-state index contributed by atoms with van der Waals surface area (Å²) in [5.41, 5.74) is 8.89. The summed E-state index contributed by atoms with van der Waals surface area (Å²) >= 11 is 3.40. The zero-order valence-corrected chi connectivity index (χ0v) is 14.3. The van der Waals surface area contributed by atoms with Crippen LogP contribution >= 0.6 is 15.9 Å². The number of aryl methyl sites for hydroxylation is 2. The molecule has 0 saturated heterocycles. The molecule has 2 rings (SSSR count). The highest BCUT2D eigenvalue weighted by Gasteiger charge is 2.17. The topological polar surface area (TPSA) is 72.2 Å². The van der Waals surface area contributed by atoms with Crippen molar-refractivity contribution in [1.82, 2.24) is 0 Å². The van der Waals surface area contributed by atoms with Gasteiger partial charge >= 0.3 is 0 Å². The molecule has 0 unspecified atom stereocenters. The molecular formula is C15H17BrN2O2S. The fraction of sp³-hybridized carbons (Fsp3) is 0.200. The number of nitrogens with one attached hydrogen (secondary N) is 1. The van der Waals surface area contributed by atoms with Crippen molar-refractivity contribution < 1.29 is 8.42 Å². The predicted molar refractivity (Wildman–Crippen MR) is 88.8 cm³/mol. The standard InChI is InChI=1S/C15H17BrN2O2S/c1-10-7-11(2)15(14(16)8-10)18-21(19,20)13-5-3-12(9-17)4-6-13/h3-8,18H,9,17H2,1-2H3. The number of hydrogen-bond acceptors (Lipinski definition) is 3. The van der Waals surface area contributed by atoms with Crippen molar-refractivity contribution in [2.45, 2.75) is 25.3 Å². The first-order valence-corrected chi connectivity index (χ1v) is 8.69. The van der Waals surface area contributed by atoms with Crippen LogP contribution < -0.4 is 10.5 Å². The molecule has 112 valence electrons. The summed E-state index contributed by atoms with van der Waals surface area (Å²) in [7, 11) is -3.62. The van der Waals surface area contributed by atoms with Crippen LogP contribution in [0.1, 0.15) is 16.7 Å². The third kappa shape index (κ3) is 3.64. The molecule has 0 radical (unpaired) electrons. The Labute approximate surface area is 133 Å². The lowest BCUT2D eigenvalue weighted by atomic mass is 10.1. The molecule has 0 amide bonds. The molecule has 0 saturated carbocycles. The molecule has 2 aromatic rings. The molecule has 0 fully saturated rings. The van der Waals surface area contributed by atoms with Gasteiger partial charge in [0, 0.05) is 11.0 Å². The molecule has 3 N–H and O–H groups in total. The van der Waals surface area contributed by atoms with Gasteiger partial charge in [-0.1, -0.05) is 18.2 Å². The predicted octanol–water partition coefficient (Wildman–Crippen LogP) is 3.33. The first-order chi connectivity index (χ1) is 9.83. The Bertz CT molecular complexity index is 733. The Kier molecular flexibility index (Phi) is 4.70. The lowest BCUT2D eigenvalue weighted by molar-refractivity contribution is 0.601. The van der Waals surface area contributed by atoms with Gasteiger partial charge in [-0.15, -0.1) is 0 Å². The highest BCUT2D eigenvalue weighted by atomic mass is 79.9. The Hall–Kier alpha value is -1.37. The Morgan fingerprint density at radius 3 is 2.29 bits per heavy atom. The number of rotatable bonds is 4. The average molecular weight is 369 g/mol. The first-order valence-electron chi connectivity index (χ1n) is 6.42. The molecule has 2 aromatic carbocycles. The van der Waals surface area contributed by atoms with E-state index >= 15 is 0 Å². The van der Waals surface area contributed by atoms with Gasteiger partial charge in [0.1, 0.15) is 0 Å². The number of benzene rings is 2. The van der Waals surface area contributed by atoms with Crippen molar-refractivity contribution in [1.29, 1.82) is 0 Å². The smallest absolute Gasteiger partial charge is 0.261 e. The normalized spacial score (nSPS) is 11.4. The summed E-state index contributed by atoms with van der Waals surface area (Å²) in [6.45, 7) is 4.21. The minimum Gasteiger partial charge on any atom is -0.326 e. The fourth-order valence-electron chi connectivity index (χ4n) is 2.04. The molecule has 6 heteroatoms. The zero-order chi connectivity index (χ0) is 15.6. The van der Waals surface area contributed by atoms with Crippen molar-refractivity contribution in [2.24, 2.45) is 5.73 Å². The average Bonchev–Trinajstić information content (AvgIpc) is 2.43. The fourth-order valence-corrected chi connectivity index (χ4v) is 4.10. The summed E-state index contributed by atoms with van der Waals surface area (Å²) in [4.78, 5) is 0.214. The number of hydrogen-bond donors (Lipinski definition) is 2. The summed E-state index contributed by atoms with van der Waals surface area (Å²) < 4.78 is 28.2. The van der Waals surface area contributed by atoms with Crippen LogP contribution in [0.3, 0.4) is 0 Å². The van der Waals surface area contributed by atoms with Gasteiger partial charge in [0.15, 0.2) is 0 Å². The van der Waals surface area contributed by atoms with Crippen LogP contribution in [0, 0.1) is 13.8 Å². The van der Waals surface area contributed by atoms with Crippen LogP contribution in [0.15, 0.2) is 45.8 Å². The number of sulfonamides is 1. The molecule has 0 bridgehead atoms. The number of nitrogens with two attached hydrogens (primary N) is 1. The lowest BCUT2D eigenvalue weighted by Crippen LogP contribution is -2.14. The SMILES string of the molecule is Cc1cc(C)c(NS(=O)(=O)c2ccc(CN)cc2)c(Br)c1. The summed E-state index contributed by atoms with van der Waals surface area (Å²) in [6.07, 6.45) is 0. The highest BCUT2D eigenvalue weighted by molar-refractivity contribution is 9.10. The van der Waals surface area contributed by atoms with E-state index in [1.54, 1.807) is 24.3 Å². The molecule has 0 aliphatic heterocycles. The molecule has 0 spiro atoms. The number of halogens is 1. The van der Waals surface area contributed by atoms with E-state index in [0.29, 0.717) is 12.2 Å². The largest absolute Gasteiger partial charge is 0.326 e. The van der Waals surface area contributed by atoms with E-state index in [2.05, 4.69) is 20.7 Å². The summed E-state index contributed by atoms with van der Waals surface area (Å²) in [5, 5.41) is 0. The maximum atomic E-state index is 12.4. The van der Waals surface area contributed by atoms with Gasteiger partial charge in [-0.3, -0.25) is 4.72 Å². The van der Waals surface area contributed by atoms with Crippen LogP contribution in [0.4, 0.5) is 5.69 Å². The first kappa shape index (κ1) is 16.0. The second kappa shape index (κ2) is 6.17. The van der Waals surface area contributed by atoms with Gasteiger partial charge in [-0.05, 0) is 64.7 Å². The Morgan fingerprint density at radius 1 is 1.14 bits per heavy atom. The van der Waals surface area contributed by atoms with Crippen molar-refractivity contribution in [2.75, 3.05) is 4.72 Å². The van der Waals surface area contributed by atoms with Crippen molar-refractivity contribution in [3.63, 3.8) is 0 Å². The van der Waals surface area contributed by atoms with Crippen molar-refractivity contribution >= 4 is 31.6 Å². The third-order valence-corrected chi connectivity index (χ3v) is 5.13. The molecule has 0 aliphatic carbocycles. The monoisotopic (exact) mass is 368 g/mol. The Balaban J connectivity index is 2.37. The van der Waals surface area contributed by atoms with E-state index in [4.69, 9.17) is 5.73 Å². The molecule has 0 atom stereocenters. The molecule has 0 aliphatic rings. The van der Waals surface area contributed by atoms with Gasteiger partial charge in [-0.25, -0.2) is 8.42 Å². The number of anilines is 1. The summed E-state index contributed by atoms with van der Waals surface area (Å²) in [6, 6.07) is 10.4. The zero-order valence-electron chi connectivity index (χ0n) is 11.9. The maximum absolute atomic E-state index is 12.4. The van der Waals surface area contributed by atoms with Gasteiger partial charge in [0.25, 0.3) is 10.0 Å². The minimum absolute atomic E-state index is 0.214. The second-order valence-corrected chi connectivity index (χ2v) is 7.43. The summed E-state index contributed by atoms with van der Waals surface area (Å²) in [5.74, 6) is 0. The van der Waals surface area contributed by atoms with E-state index in [-0.39, 0.29) is 4.90 Å². The molecule has 0 aromatic heterocycles. The van der Waals surface area contributed by atoms with E-state index in [1.165, 1.54) is 0 Å². The molecule has 21 heavy (non-hydrogen) atoms. The van der Waals surface area contributed by atoms with Gasteiger partial charge < -0.3 is 5.73 Å². The molecule has 0 heterocycles. The van der Waals surface area contributed by atoms with Crippen LogP contribution in [0.25, 0.3) is 0 Å². The van der Waals surface area contributed by atoms with Crippen LogP contribution in [0.5, 0.6) is 0 Å². The minimum atomic E-state index is -3.62. The van der Waals surface area contributed by atoms with E-state index in [0.717, 1.165) is 21.2 Å². The third-order valence-electron chi connectivity index (χ3n) is 3.14. The highest BCUT2D eigenvalue weighted by Crippen LogP contribution is 2.29. The van der Waals surface area contributed by atoms with Gasteiger partial charge in [0.05, 0.1) is 10.6 Å².